The molecular weight excluding hydrogens is 202 g/mol. The Morgan fingerprint density at radius 1 is 1.43 bits per heavy atom. The van der Waals surface area contributed by atoms with Gasteiger partial charge in [-0.2, -0.15) is 17.0 Å². The van der Waals surface area contributed by atoms with Gasteiger partial charge in [-0.15, -0.1) is 0 Å². The van der Waals surface area contributed by atoms with Crippen LogP contribution >= 0.6 is 0 Å². The van der Waals surface area contributed by atoms with Gasteiger partial charge in [0, 0.05) is 32.2 Å². The predicted octanol–water partition coefficient (Wildman–Crippen LogP) is -0.394. The highest BCUT2D eigenvalue weighted by molar-refractivity contribution is 7.86. The summed E-state index contributed by atoms with van der Waals surface area (Å²) in [5.41, 5.74) is 5.68. The second-order valence-corrected chi connectivity index (χ2v) is 5.43. The van der Waals surface area contributed by atoms with E-state index < -0.39 is 10.2 Å². The monoisotopic (exact) mass is 221 g/mol. The van der Waals surface area contributed by atoms with Gasteiger partial charge in [0.2, 0.25) is 0 Å². The van der Waals surface area contributed by atoms with Gasteiger partial charge in [-0.1, -0.05) is 13.8 Å². The van der Waals surface area contributed by atoms with E-state index >= 15 is 0 Å². The highest BCUT2D eigenvalue weighted by Gasteiger charge is 2.32. The van der Waals surface area contributed by atoms with Crippen LogP contribution in [-0.4, -0.2) is 49.2 Å². The molecule has 1 fully saturated rings. The number of nitrogens with two attached hydrogens (primary N) is 1. The third-order valence-electron chi connectivity index (χ3n) is 2.55. The average Bonchev–Trinajstić information content (AvgIpc) is 2.54. The van der Waals surface area contributed by atoms with Crippen molar-refractivity contribution >= 4 is 10.2 Å². The maximum atomic E-state index is 11.9. The van der Waals surface area contributed by atoms with E-state index in [4.69, 9.17) is 5.73 Å². The lowest BCUT2D eigenvalue weighted by atomic mass is 10.3. The predicted molar refractivity (Wildman–Crippen MR) is 56.0 cm³/mol. The highest BCUT2D eigenvalue weighted by Crippen LogP contribution is 2.15. The van der Waals surface area contributed by atoms with Crippen LogP contribution in [0.3, 0.4) is 0 Å². The first-order chi connectivity index (χ1) is 6.52. The summed E-state index contributed by atoms with van der Waals surface area (Å²) in [5, 5.41) is 0. The van der Waals surface area contributed by atoms with Gasteiger partial charge in [0.05, 0.1) is 0 Å². The van der Waals surface area contributed by atoms with Crippen molar-refractivity contribution < 1.29 is 8.42 Å². The van der Waals surface area contributed by atoms with Crippen LogP contribution in [0.4, 0.5) is 0 Å². The lowest BCUT2D eigenvalue weighted by Crippen LogP contribution is -2.43. The van der Waals surface area contributed by atoms with Crippen LogP contribution in [0.15, 0.2) is 0 Å². The van der Waals surface area contributed by atoms with E-state index in [1.54, 1.807) is 0 Å². The Kier molecular flexibility index (Phi) is 3.88. The summed E-state index contributed by atoms with van der Waals surface area (Å²) in [6, 6.07) is 0.000312. The molecule has 84 valence electrons. The molecule has 2 N–H and O–H groups in total. The van der Waals surface area contributed by atoms with Gasteiger partial charge >= 0.3 is 0 Å². The zero-order chi connectivity index (χ0) is 10.8. The largest absolute Gasteiger partial charge is 0.326 e. The lowest BCUT2D eigenvalue weighted by Gasteiger charge is -2.24. The average molecular weight is 221 g/mol. The van der Waals surface area contributed by atoms with Crippen LogP contribution in [-0.2, 0) is 10.2 Å². The van der Waals surface area contributed by atoms with Crippen LogP contribution in [0.1, 0.15) is 20.3 Å². The minimum absolute atomic E-state index is 0.000312. The summed E-state index contributed by atoms with van der Waals surface area (Å²) >= 11 is 0. The van der Waals surface area contributed by atoms with Crippen molar-refractivity contribution in [2.75, 3.05) is 26.2 Å². The molecule has 6 heteroatoms. The number of rotatable bonds is 4. The number of nitrogens with zero attached hydrogens (tertiary/aromatic N) is 2. The van der Waals surface area contributed by atoms with Gasteiger partial charge in [0.1, 0.15) is 0 Å². The van der Waals surface area contributed by atoms with Crippen LogP contribution in [0.2, 0.25) is 0 Å². The van der Waals surface area contributed by atoms with Gasteiger partial charge in [-0.25, -0.2) is 0 Å². The Morgan fingerprint density at radius 3 is 2.36 bits per heavy atom. The quantitative estimate of drug-likeness (QED) is 0.703. The molecule has 1 atom stereocenters. The molecule has 0 aromatic carbocycles. The van der Waals surface area contributed by atoms with Crippen molar-refractivity contribution in [1.29, 1.82) is 0 Å². The molecule has 0 spiro atoms. The first-order valence-electron chi connectivity index (χ1n) is 5.03. The number of hydrogen-bond donors (Lipinski definition) is 1. The summed E-state index contributed by atoms with van der Waals surface area (Å²) in [7, 11) is -3.25. The normalized spacial score (nSPS) is 24.7. The molecule has 0 aromatic heterocycles. The van der Waals surface area contributed by atoms with Crippen molar-refractivity contribution in [2.24, 2.45) is 5.73 Å². The maximum absolute atomic E-state index is 11.9. The Labute approximate surface area is 86.0 Å². The molecule has 1 saturated heterocycles. The second kappa shape index (κ2) is 4.57. The van der Waals surface area contributed by atoms with E-state index in [1.165, 1.54) is 8.61 Å². The molecule has 0 bridgehead atoms. The number of hydrogen-bond acceptors (Lipinski definition) is 3. The van der Waals surface area contributed by atoms with Gasteiger partial charge < -0.3 is 5.73 Å². The third kappa shape index (κ3) is 2.25. The minimum Gasteiger partial charge on any atom is -0.326 e. The standard InChI is InChI=1S/C8H19N3O2S/c1-3-10(4-2)14(12,13)11-6-5-8(9)7-11/h8H,3-7,9H2,1-2H3/t8-/m1/s1. The maximum Gasteiger partial charge on any atom is 0.282 e. The van der Waals surface area contributed by atoms with Gasteiger partial charge in [-0.3, -0.25) is 0 Å². The second-order valence-electron chi connectivity index (χ2n) is 3.50. The van der Waals surface area contributed by atoms with Crippen molar-refractivity contribution in [2.45, 2.75) is 26.3 Å². The van der Waals surface area contributed by atoms with Gasteiger partial charge in [0.15, 0.2) is 0 Å². The Hall–Kier alpha value is -0.170. The molecule has 0 aliphatic carbocycles. The van der Waals surface area contributed by atoms with Crippen molar-refractivity contribution in [3.8, 4) is 0 Å². The smallest absolute Gasteiger partial charge is 0.282 e. The first-order valence-corrected chi connectivity index (χ1v) is 6.42. The highest BCUT2D eigenvalue weighted by atomic mass is 32.2. The summed E-state index contributed by atoms with van der Waals surface area (Å²) < 4.78 is 26.8. The fourth-order valence-electron chi connectivity index (χ4n) is 1.68. The summed E-state index contributed by atoms with van der Waals surface area (Å²) in [6.45, 7) is 5.74. The van der Waals surface area contributed by atoms with Crippen molar-refractivity contribution in [3.05, 3.63) is 0 Å². The van der Waals surface area contributed by atoms with E-state index in [-0.39, 0.29) is 6.04 Å². The molecule has 0 amide bonds. The van der Waals surface area contributed by atoms with Gasteiger partial charge in [0.25, 0.3) is 10.2 Å². The van der Waals surface area contributed by atoms with Crippen LogP contribution in [0, 0.1) is 0 Å². The zero-order valence-electron chi connectivity index (χ0n) is 8.81. The van der Waals surface area contributed by atoms with Crippen LogP contribution in [0.5, 0.6) is 0 Å². The van der Waals surface area contributed by atoms with Crippen molar-refractivity contribution in [3.63, 3.8) is 0 Å². The molecule has 0 aromatic rings. The SMILES string of the molecule is CCN(CC)S(=O)(=O)N1CC[C@@H](N)C1. The van der Waals surface area contributed by atoms with E-state index in [9.17, 15) is 8.42 Å². The fourth-order valence-corrected chi connectivity index (χ4v) is 3.37. The van der Waals surface area contributed by atoms with Crippen LogP contribution in [0.25, 0.3) is 0 Å². The Balaban J connectivity index is 2.74. The van der Waals surface area contributed by atoms with Crippen LogP contribution < -0.4 is 5.73 Å². The van der Waals surface area contributed by atoms with E-state index in [2.05, 4.69) is 0 Å². The molecule has 0 radical (unpaired) electrons. The van der Waals surface area contributed by atoms with E-state index in [1.807, 2.05) is 13.8 Å². The fraction of sp³-hybridized carbons (Fsp3) is 1.00. The molecule has 5 nitrogen and oxygen atoms in total. The Bertz CT molecular complexity index is 274. The summed E-state index contributed by atoms with van der Waals surface area (Å²) in [5.74, 6) is 0. The topological polar surface area (TPSA) is 66.6 Å². The van der Waals surface area contributed by atoms with Gasteiger partial charge in [-0.05, 0) is 6.42 Å². The molecule has 1 aliphatic rings. The lowest BCUT2D eigenvalue weighted by molar-refractivity contribution is 0.378. The third-order valence-corrected chi connectivity index (χ3v) is 4.70. The summed E-state index contributed by atoms with van der Waals surface area (Å²) in [4.78, 5) is 0. The summed E-state index contributed by atoms with van der Waals surface area (Å²) in [6.07, 6.45) is 0.764. The minimum atomic E-state index is -3.25. The molecular formula is C8H19N3O2S. The molecule has 1 rings (SSSR count). The van der Waals surface area contributed by atoms with E-state index in [0.29, 0.717) is 26.2 Å². The molecule has 0 saturated carbocycles. The first kappa shape index (κ1) is 11.9. The molecule has 14 heavy (non-hydrogen) atoms. The van der Waals surface area contributed by atoms with Crippen molar-refractivity contribution in [1.82, 2.24) is 8.61 Å². The van der Waals surface area contributed by atoms with E-state index in [0.717, 1.165) is 6.42 Å². The molecule has 1 heterocycles. The zero-order valence-corrected chi connectivity index (χ0v) is 9.63. The Morgan fingerprint density at radius 2 is 2.00 bits per heavy atom. The molecule has 0 unspecified atom stereocenters. The molecule has 1 aliphatic heterocycles.